The second kappa shape index (κ2) is 6.54. The van der Waals surface area contributed by atoms with Crippen molar-refractivity contribution in [3.8, 4) is 0 Å². The molecule has 0 unspecified atom stereocenters. The van der Waals surface area contributed by atoms with Gasteiger partial charge in [-0.25, -0.2) is 0 Å². The summed E-state index contributed by atoms with van der Waals surface area (Å²) in [5.74, 6) is 1.04. The van der Waals surface area contributed by atoms with E-state index in [1.54, 1.807) is 0 Å². The van der Waals surface area contributed by atoms with Crippen LogP contribution in [0.3, 0.4) is 0 Å². The highest BCUT2D eigenvalue weighted by Crippen LogP contribution is 2.24. The maximum absolute atomic E-state index is 5.31. The average molecular weight is 231 g/mol. The molecule has 1 aromatic rings. The monoisotopic (exact) mass is 231 g/mol. The number of allylic oxidation sites excluding steroid dienone is 2. The van der Waals surface area contributed by atoms with Crippen LogP contribution in [-0.4, -0.2) is 10.5 Å². The Balaban J connectivity index is 3.00. The Kier molecular flexibility index (Phi) is 5.33. The fraction of sp³-hybridized carbons (Fsp3) is 0.429. The van der Waals surface area contributed by atoms with E-state index in [2.05, 4.69) is 55.5 Å². The van der Waals surface area contributed by atoms with Crippen LogP contribution in [0.1, 0.15) is 44.2 Å². The van der Waals surface area contributed by atoms with Gasteiger partial charge in [-0.3, -0.25) is 0 Å². The summed E-state index contributed by atoms with van der Waals surface area (Å²) in [5, 5.41) is 0. The molecule has 0 bridgehead atoms. The lowest BCUT2D eigenvalue weighted by Gasteiger charge is -2.13. The second-order valence-electron chi connectivity index (χ2n) is 4.07. The Morgan fingerprint density at radius 2 is 2.00 bits per heavy atom. The van der Waals surface area contributed by atoms with E-state index in [1.807, 2.05) is 0 Å². The number of hydrogen-bond donors (Lipinski definition) is 0. The Labute approximate surface area is 102 Å². The van der Waals surface area contributed by atoms with Crippen LogP contribution in [0.15, 0.2) is 30.0 Å². The van der Waals surface area contributed by atoms with E-state index in [0.717, 1.165) is 18.6 Å². The fourth-order valence-electron chi connectivity index (χ4n) is 1.80. The molecule has 0 aromatic heterocycles. The van der Waals surface area contributed by atoms with E-state index in [-0.39, 0.29) is 0 Å². The summed E-state index contributed by atoms with van der Waals surface area (Å²) >= 11 is 0. The van der Waals surface area contributed by atoms with Crippen molar-refractivity contribution in [2.75, 3.05) is 0 Å². The molecule has 0 amide bonds. The molecule has 0 saturated carbocycles. The third-order valence-electron chi connectivity index (χ3n) is 2.85. The molecule has 0 spiro atoms. The summed E-state index contributed by atoms with van der Waals surface area (Å²) in [7, 11) is 3.16. The molecular weight excluding hydrogens is 212 g/mol. The van der Waals surface area contributed by atoms with Gasteiger partial charge in [-0.1, -0.05) is 37.6 Å². The topological polar surface area (TPSA) is 9.23 Å². The van der Waals surface area contributed by atoms with Crippen LogP contribution in [0.4, 0.5) is 0 Å². The lowest BCUT2D eigenvalue weighted by molar-refractivity contribution is 0.438. The first kappa shape index (κ1) is 13.0. The van der Waals surface area contributed by atoms with Crippen molar-refractivity contribution >= 4 is 16.1 Å². The molecule has 0 aliphatic rings. The van der Waals surface area contributed by atoms with E-state index in [4.69, 9.17) is 4.43 Å². The van der Waals surface area contributed by atoms with Gasteiger partial charge in [-0.2, -0.15) is 0 Å². The first-order chi connectivity index (χ1) is 7.70. The average Bonchev–Trinajstić information content (AvgIpc) is 2.30. The van der Waals surface area contributed by atoms with E-state index >= 15 is 0 Å². The maximum Gasteiger partial charge on any atom is 0.340 e. The molecule has 3 radical (unpaired) electrons. The lowest BCUT2D eigenvalue weighted by atomic mass is 9.99. The summed E-state index contributed by atoms with van der Waals surface area (Å²) in [6.45, 7) is 6.44. The quantitative estimate of drug-likeness (QED) is 0.549. The van der Waals surface area contributed by atoms with Crippen LogP contribution in [0.2, 0.25) is 0 Å². The summed E-state index contributed by atoms with van der Waals surface area (Å²) in [6, 6.07) is 8.40. The number of hydrogen-bond acceptors (Lipinski definition) is 1. The minimum Gasteiger partial charge on any atom is -0.543 e. The summed E-state index contributed by atoms with van der Waals surface area (Å²) in [5.41, 5.74) is 3.78. The number of unbranched alkanes of at least 4 members (excludes halogenated alkanes) is 1. The largest absolute Gasteiger partial charge is 0.543 e. The van der Waals surface area contributed by atoms with Crippen LogP contribution in [-0.2, 0) is 4.43 Å². The second-order valence-corrected chi connectivity index (χ2v) is 4.27. The predicted molar refractivity (Wildman–Crippen MR) is 70.1 cm³/mol. The van der Waals surface area contributed by atoms with Crippen molar-refractivity contribution in [2.45, 2.75) is 40.0 Å². The van der Waals surface area contributed by atoms with Crippen molar-refractivity contribution in [1.29, 1.82) is 0 Å². The van der Waals surface area contributed by atoms with Crippen LogP contribution >= 0.6 is 0 Å². The van der Waals surface area contributed by atoms with Crippen LogP contribution in [0, 0.1) is 6.92 Å². The van der Waals surface area contributed by atoms with Gasteiger partial charge in [0.2, 0.25) is 0 Å². The zero-order chi connectivity index (χ0) is 12.0. The van der Waals surface area contributed by atoms with Gasteiger partial charge in [0.1, 0.15) is 0 Å². The molecule has 2 heteroatoms. The predicted octanol–water partition coefficient (Wildman–Crippen LogP) is 4.02. The maximum atomic E-state index is 5.31. The van der Waals surface area contributed by atoms with Gasteiger partial charge < -0.3 is 4.43 Å². The minimum atomic E-state index is 0.986. The fourth-order valence-corrected chi connectivity index (χ4v) is 2.05. The van der Waals surface area contributed by atoms with Crippen LogP contribution in [0.25, 0.3) is 5.57 Å². The Morgan fingerprint density at radius 3 is 2.56 bits per heavy atom. The minimum absolute atomic E-state index is 0.986. The highest BCUT2D eigenvalue weighted by molar-refractivity contribution is 5.99. The van der Waals surface area contributed by atoms with Gasteiger partial charge in [0, 0.05) is 6.42 Å². The smallest absolute Gasteiger partial charge is 0.340 e. The molecule has 0 aliphatic carbocycles. The van der Waals surface area contributed by atoms with Crippen molar-refractivity contribution < 1.29 is 4.43 Å². The van der Waals surface area contributed by atoms with Gasteiger partial charge in [0.05, 0.1) is 5.76 Å². The molecule has 0 fully saturated rings. The van der Waals surface area contributed by atoms with Crippen molar-refractivity contribution in [1.82, 2.24) is 0 Å². The molecule has 0 saturated heterocycles. The molecule has 0 heterocycles. The lowest BCUT2D eigenvalue weighted by Crippen LogP contribution is -1.95. The molecular formula is C14H19OSi. The van der Waals surface area contributed by atoms with E-state index in [0.29, 0.717) is 0 Å². The van der Waals surface area contributed by atoms with Crippen LogP contribution < -0.4 is 0 Å². The molecule has 1 nitrogen and oxygen atoms in total. The molecule has 16 heavy (non-hydrogen) atoms. The Morgan fingerprint density at radius 1 is 1.31 bits per heavy atom. The van der Waals surface area contributed by atoms with E-state index < -0.39 is 0 Å². The highest BCUT2D eigenvalue weighted by atomic mass is 28.2. The molecule has 85 valence electrons. The molecule has 1 aromatic carbocycles. The van der Waals surface area contributed by atoms with Gasteiger partial charge >= 0.3 is 10.5 Å². The molecule has 1 rings (SSSR count). The number of aryl methyl sites for hydroxylation is 1. The van der Waals surface area contributed by atoms with Crippen molar-refractivity contribution in [2.24, 2.45) is 0 Å². The molecule has 0 atom stereocenters. The Bertz CT molecular complexity index is 369. The van der Waals surface area contributed by atoms with Gasteiger partial charge in [0.15, 0.2) is 0 Å². The molecule has 0 N–H and O–H groups in total. The van der Waals surface area contributed by atoms with Gasteiger partial charge in [-0.15, -0.1) is 0 Å². The summed E-state index contributed by atoms with van der Waals surface area (Å²) in [4.78, 5) is 0. The van der Waals surface area contributed by atoms with Gasteiger partial charge in [-0.05, 0) is 37.0 Å². The molecule has 0 aliphatic heterocycles. The van der Waals surface area contributed by atoms with Gasteiger partial charge in [0.25, 0.3) is 0 Å². The van der Waals surface area contributed by atoms with E-state index in [9.17, 15) is 0 Å². The third-order valence-corrected chi connectivity index (χ3v) is 3.09. The first-order valence-corrected chi connectivity index (χ1v) is 6.20. The third kappa shape index (κ3) is 3.24. The van der Waals surface area contributed by atoms with Crippen molar-refractivity contribution in [3.05, 3.63) is 41.2 Å². The Hall–Kier alpha value is -1.02. The summed E-state index contributed by atoms with van der Waals surface area (Å²) < 4.78 is 5.31. The number of benzene rings is 1. The normalized spacial score (nSPS) is 12.2. The first-order valence-electron chi connectivity index (χ1n) is 5.80. The van der Waals surface area contributed by atoms with E-state index in [1.165, 1.54) is 23.1 Å². The standard InChI is InChI=1S/C14H19OSi/c1-4-5-10-14(15-16)12(3)13-9-7-6-8-11(13)2/h6-9H,4-5,10H2,1-3H3. The van der Waals surface area contributed by atoms with Crippen molar-refractivity contribution in [3.63, 3.8) is 0 Å². The SMILES string of the molecule is CCCCC(O[Si])=C(C)c1ccccc1C. The zero-order valence-corrected chi connectivity index (χ0v) is 11.3. The zero-order valence-electron chi connectivity index (χ0n) is 10.3. The number of rotatable bonds is 5. The summed E-state index contributed by atoms with van der Waals surface area (Å²) in [6.07, 6.45) is 3.32. The highest BCUT2D eigenvalue weighted by Gasteiger charge is 2.06. The van der Waals surface area contributed by atoms with Crippen LogP contribution in [0.5, 0.6) is 0 Å².